The van der Waals surface area contributed by atoms with Crippen molar-refractivity contribution in [3.8, 4) is 0 Å². The van der Waals surface area contributed by atoms with Gasteiger partial charge in [-0.15, -0.1) is 0 Å². The van der Waals surface area contributed by atoms with E-state index < -0.39 is 0 Å². The Morgan fingerprint density at radius 3 is 2.42 bits per heavy atom. The van der Waals surface area contributed by atoms with Crippen LogP contribution in [0.5, 0.6) is 0 Å². The molecule has 1 N–H and O–H groups in total. The molecule has 0 aliphatic carbocycles. The van der Waals surface area contributed by atoms with Crippen molar-refractivity contribution in [1.82, 2.24) is 4.57 Å². The van der Waals surface area contributed by atoms with E-state index in [0.717, 1.165) is 18.4 Å². The molecule has 132 valence electrons. The zero-order valence-corrected chi connectivity index (χ0v) is 14.8. The summed E-state index contributed by atoms with van der Waals surface area (Å²) in [7, 11) is 0. The minimum atomic E-state index is -0.157. The third kappa shape index (κ3) is 4.28. The summed E-state index contributed by atoms with van der Waals surface area (Å²) in [5.41, 5.74) is 3.47. The molecule has 1 heterocycles. The van der Waals surface area contributed by atoms with E-state index >= 15 is 0 Å². The van der Waals surface area contributed by atoms with Crippen LogP contribution in [0, 0.1) is 0 Å². The summed E-state index contributed by atoms with van der Waals surface area (Å²) in [6.07, 6.45) is 3.35. The minimum absolute atomic E-state index is 0.0752. The summed E-state index contributed by atoms with van der Waals surface area (Å²) in [5.74, 6) is -0.157. The number of hydrogen-bond acceptors (Lipinski definition) is 2. The fraction of sp³-hybridized carbons (Fsp3) is 0.182. The Labute approximate surface area is 153 Å². The van der Waals surface area contributed by atoms with E-state index in [1.54, 1.807) is 16.8 Å². The van der Waals surface area contributed by atoms with E-state index in [2.05, 4.69) is 17.4 Å². The number of rotatable bonds is 6. The molecule has 0 unspecified atom stereocenters. The summed E-state index contributed by atoms with van der Waals surface area (Å²) < 4.78 is 1.57. The lowest BCUT2D eigenvalue weighted by Crippen LogP contribution is -2.20. The van der Waals surface area contributed by atoms with Crippen molar-refractivity contribution in [2.75, 3.05) is 5.32 Å². The fourth-order valence-electron chi connectivity index (χ4n) is 2.93. The Bertz CT molecular complexity index is 946. The predicted octanol–water partition coefficient (Wildman–Crippen LogP) is 3.91. The minimum Gasteiger partial charge on any atom is -0.321 e. The number of nitrogens with one attached hydrogen (secondary N) is 1. The van der Waals surface area contributed by atoms with Crippen molar-refractivity contribution >= 4 is 11.6 Å². The van der Waals surface area contributed by atoms with Gasteiger partial charge in [-0.25, -0.2) is 0 Å². The summed E-state index contributed by atoms with van der Waals surface area (Å²) in [6, 6.07) is 21.0. The average molecular weight is 346 g/mol. The lowest BCUT2D eigenvalue weighted by Gasteiger charge is -2.11. The standard InChI is InChI=1S/C22H22N2O2/c1-2-24-16-19(14-15-21(24)25)23-22(26)20-11-7-6-10-18(20)13-12-17-8-4-3-5-9-17/h3-11,14-16H,2,12-13H2,1H3,(H,23,26). The zero-order chi connectivity index (χ0) is 18.4. The molecule has 0 bridgehead atoms. The molecule has 0 radical (unpaired) electrons. The van der Waals surface area contributed by atoms with Gasteiger partial charge in [0.1, 0.15) is 0 Å². The van der Waals surface area contributed by atoms with Gasteiger partial charge >= 0.3 is 0 Å². The van der Waals surface area contributed by atoms with Crippen molar-refractivity contribution in [1.29, 1.82) is 0 Å². The maximum Gasteiger partial charge on any atom is 0.255 e. The van der Waals surface area contributed by atoms with Gasteiger partial charge in [-0.05, 0) is 43.0 Å². The molecule has 4 heteroatoms. The first kappa shape index (κ1) is 17.7. The maximum atomic E-state index is 12.7. The van der Waals surface area contributed by atoms with Gasteiger partial charge in [0.2, 0.25) is 0 Å². The average Bonchev–Trinajstić information content (AvgIpc) is 2.69. The highest BCUT2D eigenvalue weighted by atomic mass is 16.1. The van der Waals surface area contributed by atoms with Gasteiger partial charge < -0.3 is 9.88 Å². The van der Waals surface area contributed by atoms with Crippen LogP contribution in [0.2, 0.25) is 0 Å². The number of benzene rings is 2. The van der Waals surface area contributed by atoms with Gasteiger partial charge in [0, 0.05) is 24.4 Å². The van der Waals surface area contributed by atoms with E-state index in [1.165, 1.54) is 11.6 Å². The van der Waals surface area contributed by atoms with Crippen molar-refractivity contribution in [2.45, 2.75) is 26.3 Å². The number of nitrogens with zero attached hydrogens (tertiary/aromatic N) is 1. The summed E-state index contributed by atoms with van der Waals surface area (Å²) in [6.45, 7) is 2.46. The van der Waals surface area contributed by atoms with Crippen LogP contribution < -0.4 is 10.9 Å². The molecule has 3 rings (SSSR count). The molecular formula is C22H22N2O2. The van der Waals surface area contributed by atoms with Crippen molar-refractivity contribution in [3.05, 3.63) is 100.0 Å². The molecule has 2 aromatic carbocycles. The van der Waals surface area contributed by atoms with Crippen molar-refractivity contribution in [2.24, 2.45) is 0 Å². The van der Waals surface area contributed by atoms with Gasteiger partial charge in [-0.3, -0.25) is 9.59 Å². The normalized spacial score (nSPS) is 10.5. The van der Waals surface area contributed by atoms with Crippen LogP contribution in [0.4, 0.5) is 5.69 Å². The van der Waals surface area contributed by atoms with E-state index in [1.807, 2.05) is 49.4 Å². The van der Waals surface area contributed by atoms with Crippen LogP contribution in [-0.4, -0.2) is 10.5 Å². The molecule has 1 amide bonds. The molecule has 0 atom stereocenters. The highest BCUT2D eigenvalue weighted by Gasteiger charge is 2.11. The van der Waals surface area contributed by atoms with E-state index in [-0.39, 0.29) is 11.5 Å². The van der Waals surface area contributed by atoms with Crippen molar-refractivity contribution < 1.29 is 4.79 Å². The first-order valence-electron chi connectivity index (χ1n) is 8.81. The van der Waals surface area contributed by atoms with Crippen LogP contribution in [0.15, 0.2) is 77.7 Å². The topological polar surface area (TPSA) is 51.1 Å². The first-order chi connectivity index (χ1) is 12.7. The third-order valence-electron chi connectivity index (χ3n) is 4.37. The second kappa shape index (κ2) is 8.30. The largest absolute Gasteiger partial charge is 0.321 e. The number of hydrogen-bond donors (Lipinski definition) is 1. The van der Waals surface area contributed by atoms with Crippen LogP contribution in [0.3, 0.4) is 0 Å². The highest BCUT2D eigenvalue weighted by Crippen LogP contribution is 2.15. The molecule has 0 spiro atoms. The molecule has 0 aliphatic heterocycles. The number of carbonyl (C=O) groups excluding carboxylic acids is 1. The number of pyridine rings is 1. The summed E-state index contributed by atoms with van der Waals surface area (Å²) in [5, 5.41) is 2.90. The van der Waals surface area contributed by atoms with E-state index in [9.17, 15) is 9.59 Å². The predicted molar refractivity (Wildman–Crippen MR) is 105 cm³/mol. The molecule has 0 saturated carbocycles. The number of anilines is 1. The Hall–Kier alpha value is -3.14. The molecule has 4 nitrogen and oxygen atoms in total. The Morgan fingerprint density at radius 2 is 1.65 bits per heavy atom. The molecule has 3 aromatic rings. The smallest absolute Gasteiger partial charge is 0.255 e. The Morgan fingerprint density at radius 1 is 0.923 bits per heavy atom. The Kier molecular flexibility index (Phi) is 5.64. The van der Waals surface area contributed by atoms with Gasteiger partial charge in [0.15, 0.2) is 0 Å². The molecule has 0 fully saturated rings. The molecular weight excluding hydrogens is 324 g/mol. The fourth-order valence-corrected chi connectivity index (χ4v) is 2.93. The maximum absolute atomic E-state index is 12.7. The number of carbonyl (C=O) groups is 1. The van der Waals surface area contributed by atoms with Crippen LogP contribution in [0.1, 0.15) is 28.4 Å². The van der Waals surface area contributed by atoms with Crippen LogP contribution in [-0.2, 0) is 19.4 Å². The molecule has 1 aromatic heterocycles. The Balaban J connectivity index is 1.76. The van der Waals surface area contributed by atoms with Crippen LogP contribution >= 0.6 is 0 Å². The van der Waals surface area contributed by atoms with E-state index in [0.29, 0.717) is 17.8 Å². The molecule has 0 aliphatic rings. The number of aromatic nitrogens is 1. The van der Waals surface area contributed by atoms with Crippen LogP contribution in [0.25, 0.3) is 0 Å². The number of amides is 1. The van der Waals surface area contributed by atoms with Gasteiger partial charge in [0.05, 0.1) is 5.69 Å². The summed E-state index contributed by atoms with van der Waals surface area (Å²) in [4.78, 5) is 24.4. The second-order valence-corrected chi connectivity index (χ2v) is 6.14. The highest BCUT2D eigenvalue weighted by molar-refractivity contribution is 6.05. The third-order valence-corrected chi connectivity index (χ3v) is 4.37. The SMILES string of the molecule is CCn1cc(NC(=O)c2ccccc2CCc2ccccc2)ccc1=O. The number of aryl methyl sites for hydroxylation is 3. The lowest BCUT2D eigenvalue weighted by atomic mass is 9.99. The second-order valence-electron chi connectivity index (χ2n) is 6.14. The lowest BCUT2D eigenvalue weighted by molar-refractivity contribution is 0.102. The van der Waals surface area contributed by atoms with Gasteiger partial charge in [-0.1, -0.05) is 48.5 Å². The van der Waals surface area contributed by atoms with Gasteiger partial charge in [0.25, 0.3) is 11.5 Å². The monoisotopic (exact) mass is 346 g/mol. The summed E-state index contributed by atoms with van der Waals surface area (Å²) >= 11 is 0. The quantitative estimate of drug-likeness (QED) is 0.736. The van der Waals surface area contributed by atoms with Crippen molar-refractivity contribution in [3.63, 3.8) is 0 Å². The first-order valence-corrected chi connectivity index (χ1v) is 8.81. The molecule has 0 saturated heterocycles. The van der Waals surface area contributed by atoms with Gasteiger partial charge in [-0.2, -0.15) is 0 Å². The zero-order valence-electron chi connectivity index (χ0n) is 14.8. The molecule has 26 heavy (non-hydrogen) atoms. The van der Waals surface area contributed by atoms with E-state index in [4.69, 9.17) is 0 Å².